The van der Waals surface area contributed by atoms with Crippen molar-refractivity contribution in [2.24, 2.45) is 0 Å². The number of hydrogen-bond acceptors (Lipinski definition) is 1. The maximum absolute atomic E-state index is 10.9. The first-order valence-corrected chi connectivity index (χ1v) is 3.35. The van der Waals surface area contributed by atoms with Crippen molar-refractivity contribution >= 4 is 24.0 Å². The lowest BCUT2D eigenvalue weighted by Crippen LogP contribution is -2.08. The van der Waals surface area contributed by atoms with Gasteiger partial charge in [-0.1, -0.05) is 11.6 Å². The summed E-state index contributed by atoms with van der Waals surface area (Å²) in [6.07, 6.45) is 0. The Balaban J connectivity index is 0.000001000. The summed E-state index contributed by atoms with van der Waals surface area (Å²) in [6.45, 7) is 3.63. The Labute approximate surface area is 76.0 Å². The number of aryl methyl sites for hydroxylation is 2. The Morgan fingerprint density at radius 2 is 2.00 bits per heavy atom. The Hall–Kier alpha value is -0.470. The van der Waals surface area contributed by atoms with Crippen LogP contribution in [-0.4, -0.2) is 4.98 Å². The first-order valence-electron chi connectivity index (χ1n) is 2.97. The second-order valence-corrected chi connectivity index (χ2v) is 2.66. The van der Waals surface area contributed by atoms with E-state index in [0.717, 1.165) is 11.3 Å². The molecule has 0 bridgehead atoms. The van der Waals surface area contributed by atoms with Crippen molar-refractivity contribution in [1.82, 2.24) is 4.98 Å². The van der Waals surface area contributed by atoms with Crippen LogP contribution in [0.1, 0.15) is 11.3 Å². The molecule has 0 aliphatic carbocycles. The van der Waals surface area contributed by atoms with Gasteiger partial charge in [0.1, 0.15) is 5.02 Å². The SMILES string of the molecule is Cc1cc(C)c(Cl)c(=O)[nH]1.Cl. The van der Waals surface area contributed by atoms with Crippen molar-refractivity contribution in [3.05, 3.63) is 32.7 Å². The molecule has 0 spiro atoms. The third-order valence-electron chi connectivity index (χ3n) is 1.29. The van der Waals surface area contributed by atoms with E-state index in [9.17, 15) is 4.79 Å². The Bertz CT molecular complexity index is 306. The molecule has 0 aliphatic heterocycles. The highest BCUT2D eigenvalue weighted by molar-refractivity contribution is 6.31. The summed E-state index contributed by atoms with van der Waals surface area (Å²) >= 11 is 5.61. The summed E-state index contributed by atoms with van der Waals surface area (Å²) in [5.41, 5.74) is 1.45. The highest BCUT2D eigenvalue weighted by atomic mass is 35.5. The number of halogens is 2. The fourth-order valence-electron chi connectivity index (χ4n) is 0.837. The number of pyridine rings is 1. The van der Waals surface area contributed by atoms with Crippen LogP contribution in [0.4, 0.5) is 0 Å². The molecular weight excluding hydrogens is 185 g/mol. The molecule has 4 heteroatoms. The molecule has 0 saturated carbocycles. The van der Waals surface area contributed by atoms with Crippen molar-refractivity contribution in [3.8, 4) is 0 Å². The van der Waals surface area contributed by atoms with E-state index in [0.29, 0.717) is 0 Å². The molecule has 0 fully saturated rings. The van der Waals surface area contributed by atoms with E-state index in [1.54, 1.807) is 0 Å². The summed E-state index contributed by atoms with van der Waals surface area (Å²) < 4.78 is 0. The van der Waals surface area contributed by atoms with Crippen LogP contribution < -0.4 is 5.56 Å². The maximum atomic E-state index is 10.9. The highest BCUT2D eigenvalue weighted by Crippen LogP contribution is 2.07. The van der Waals surface area contributed by atoms with E-state index in [1.807, 2.05) is 19.9 Å². The highest BCUT2D eigenvalue weighted by Gasteiger charge is 1.99. The number of aromatic amines is 1. The molecule has 1 aromatic heterocycles. The summed E-state index contributed by atoms with van der Waals surface area (Å²) in [7, 11) is 0. The predicted molar refractivity (Wildman–Crippen MR) is 48.8 cm³/mol. The van der Waals surface area contributed by atoms with E-state index in [4.69, 9.17) is 11.6 Å². The van der Waals surface area contributed by atoms with Gasteiger partial charge in [0.15, 0.2) is 0 Å². The second kappa shape index (κ2) is 3.79. The van der Waals surface area contributed by atoms with Crippen LogP contribution in [0, 0.1) is 13.8 Å². The molecule has 62 valence electrons. The fourth-order valence-corrected chi connectivity index (χ4v) is 0.939. The van der Waals surface area contributed by atoms with Gasteiger partial charge in [-0.3, -0.25) is 4.79 Å². The van der Waals surface area contributed by atoms with E-state index < -0.39 is 0 Å². The summed E-state index contributed by atoms with van der Waals surface area (Å²) in [5.74, 6) is 0. The maximum Gasteiger partial charge on any atom is 0.267 e. The first-order chi connectivity index (χ1) is 4.61. The van der Waals surface area contributed by atoms with Crippen molar-refractivity contribution in [1.29, 1.82) is 0 Å². The van der Waals surface area contributed by atoms with E-state index in [2.05, 4.69) is 4.98 Å². The van der Waals surface area contributed by atoms with Gasteiger partial charge in [-0.25, -0.2) is 0 Å². The van der Waals surface area contributed by atoms with Gasteiger partial charge in [-0.15, -0.1) is 12.4 Å². The topological polar surface area (TPSA) is 32.9 Å². The lowest BCUT2D eigenvalue weighted by atomic mass is 10.2. The van der Waals surface area contributed by atoms with Gasteiger partial charge in [0.25, 0.3) is 5.56 Å². The zero-order valence-corrected chi connectivity index (χ0v) is 7.84. The molecule has 0 atom stereocenters. The molecule has 0 unspecified atom stereocenters. The van der Waals surface area contributed by atoms with Gasteiger partial charge in [-0.05, 0) is 25.5 Å². The van der Waals surface area contributed by atoms with Crippen LogP contribution in [0.25, 0.3) is 0 Å². The molecule has 1 aromatic rings. The van der Waals surface area contributed by atoms with Crippen molar-refractivity contribution in [3.63, 3.8) is 0 Å². The standard InChI is InChI=1S/C7H8ClNO.ClH/c1-4-3-5(2)9-7(10)6(4)8;/h3H,1-2H3,(H,9,10);1H. The van der Waals surface area contributed by atoms with Gasteiger partial charge in [0.05, 0.1) is 0 Å². The van der Waals surface area contributed by atoms with Gasteiger partial charge in [0.2, 0.25) is 0 Å². The average Bonchev–Trinajstić information content (AvgIpc) is 1.82. The fraction of sp³-hybridized carbons (Fsp3) is 0.286. The van der Waals surface area contributed by atoms with Crippen LogP contribution in [0.15, 0.2) is 10.9 Å². The zero-order valence-electron chi connectivity index (χ0n) is 6.27. The van der Waals surface area contributed by atoms with E-state index in [-0.39, 0.29) is 23.0 Å². The van der Waals surface area contributed by atoms with Crippen LogP contribution in [0.5, 0.6) is 0 Å². The van der Waals surface area contributed by atoms with Gasteiger partial charge < -0.3 is 4.98 Å². The molecule has 0 radical (unpaired) electrons. The molecule has 11 heavy (non-hydrogen) atoms. The molecule has 0 saturated heterocycles. The number of aromatic nitrogens is 1. The molecule has 0 amide bonds. The molecule has 1 N–H and O–H groups in total. The predicted octanol–water partition coefficient (Wildman–Crippen LogP) is 2.07. The first kappa shape index (κ1) is 10.5. The van der Waals surface area contributed by atoms with E-state index in [1.165, 1.54) is 0 Å². The largest absolute Gasteiger partial charge is 0.325 e. The average molecular weight is 194 g/mol. The Morgan fingerprint density at radius 3 is 2.45 bits per heavy atom. The van der Waals surface area contributed by atoms with Crippen LogP contribution >= 0.6 is 24.0 Å². The van der Waals surface area contributed by atoms with Crippen molar-refractivity contribution < 1.29 is 0 Å². The minimum Gasteiger partial charge on any atom is -0.325 e. The lowest BCUT2D eigenvalue weighted by molar-refractivity contribution is 1.12. The van der Waals surface area contributed by atoms with Crippen LogP contribution in [0.3, 0.4) is 0 Å². The van der Waals surface area contributed by atoms with Gasteiger partial charge >= 0.3 is 0 Å². The van der Waals surface area contributed by atoms with Crippen molar-refractivity contribution in [2.45, 2.75) is 13.8 Å². The van der Waals surface area contributed by atoms with Gasteiger partial charge in [-0.2, -0.15) is 0 Å². The van der Waals surface area contributed by atoms with Gasteiger partial charge in [0, 0.05) is 5.69 Å². The Kier molecular flexibility index (Phi) is 3.63. The summed E-state index contributed by atoms with van der Waals surface area (Å²) in [5, 5.41) is 0.283. The normalized spacial score (nSPS) is 9.00. The molecule has 1 heterocycles. The second-order valence-electron chi connectivity index (χ2n) is 2.28. The number of H-pyrrole nitrogens is 1. The number of hydrogen-bond donors (Lipinski definition) is 1. The third kappa shape index (κ3) is 2.24. The van der Waals surface area contributed by atoms with Crippen LogP contribution in [-0.2, 0) is 0 Å². The van der Waals surface area contributed by atoms with Crippen molar-refractivity contribution in [2.75, 3.05) is 0 Å². The zero-order chi connectivity index (χ0) is 7.72. The Morgan fingerprint density at radius 1 is 1.45 bits per heavy atom. The molecule has 0 aromatic carbocycles. The van der Waals surface area contributed by atoms with E-state index >= 15 is 0 Å². The quantitative estimate of drug-likeness (QED) is 0.673. The number of rotatable bonds is 0. The molecule has 0 aliphatic rings. The third-order valence-corrected chi connectivity index (χ3v) is 1.76. The minimum absolute atomic E-state index is 0. The molecule has 1 rings (SSSR count). The lowest BCUT2D eigenvalue weighted by Gasteiger charge is -1.96. The monoisotopic (exact) mass is 193 g/mol. The smallest absolute Gasteiger partial charge is 0.267 e. The minimum atomic E-state index is -0.209. The van der Waals surface area contributed by atoms with Crippen LogP contribution in [0.2, 0.25) is 5.02 Å². The summed E-state index contributed by atoms with van der Waals surface area (Å²) in [4.78, 5) is 13.5. The molecule has 2 nitrogen and oxygen atoms in total. The number of nitrogens with one attached hydrogen (secondary N) is 1. The molecular formula is C7H9Cl2NO. The summed E-state index contributed by atoms with van der Waals surface area (Å²) in [6, 6.07) is 1.84.